The summed E-state index contributed by atoms with van der Waals surface area (Å²) in [7, 11) is 6.16. The molecule has 2 aliphatic heterocycles. The second-order valence-corrected chi connectivity index (χ2v) is 39.6. The number of hydrogen-bond acceptors (Lipinski definition) is 17. The van der Waals surface area contributed by atoms with Crippen molar-refractivity contribution in [2.24, 2.45) is 47.2 Å². The smallest absolute Gasteiger partial charge is 0.410 e. The number of aliphatic hydroxyl groups excluding tert-OH is 1. The molecule has 0 spiro atoms. The van der Waals surface area contributed by atoms with E-state index in [9.17, 15) is 53.1 Å². The lowest BCUT2D eigenvalue weighted by Crippen LogP contribution is -2.60. The number of aromatic nitrogens is 1. The third-order valence-corrected chi connectivity index (χ3v) is 30.6. The molecule has 16 atom stereocenters. The predicted octanol–water partition coefficient (Wildman–Crippen LogP) is 14.6. The van der Waals surface area contributed by atoms with Gasteiger partial charge in [-0.15, -0.1) is 23.5 Å². The third-order valence-electron chi connectivity index (χ3n) is 26.7. The lowest BCUT2D eigenvalue weighted by atomic mass is 9.81. The Bertz CT molecular complexity index is 3910. The van der Waals surface area contributed by atoms with Crippen LogP contribution in [0.15, 0.2) is 60.7 Å². The van der Waals surface area contributed by atoms with Gasteiger partial charge in [-0.2, -0.15) is 0 Å². The van der Waals surface area contributed by atoms with Crippen LogP contribution in [0.2, 0.25) is 0 Å². The largest absolute Gasteiger partial charge is 0.445 e. The molecular weight excluding hydrogens is 1610 g/mol. The maximum absolute atomic E-state index is 15.0. The van der Waals surface area contributed by atoms with E-state index >= 15 is 0 Å². The number of amides is 11. The zero-order valence-corrected chi connectivity index (χ0v) is 79.5. The number of aryl methyl sites for hydroxylation is 1. The van der Waals surface area contributed by atoms with Gasteiger partial charge in [0, 0.05) is 81.1 Å². The monoisotopic (exact) mass is 1760 g/mol. The van der Waals surface area contributed by atoms with E-state index in [1.807, 2.05) is 45.9 Å². The van der Waals surface area contributed by atoms with Gasteiger partial charge in [0.05, 0.1) is 66.6 Å². The number of anilines is 1. The average molecular weight is 1760 g/mol. The molecular formula is C96H154N12O14S2. The van der Waals surface area contributed by atoms with E-state index in [-0.39, 0.29) is 90.2 Å². The van der Waals surface area contributed by atoms with Crippen LogP contribution < -0.4 is 43.0 Å². The van der Waals surface area contributed by atoms with Crippen molar-refractivity contribution >= 4 is 88.6 Å². The molecule has 4 aliphatic rings. The van der Waals surface area contributed by atoms with E-state index < -0.39 is 114 Å². The summed E-state index contributed by atoms with van der Waals surface area (Å²) in [6, 6.07) is 12.0. The fraction of sp³-hybridized carbons (Fsp3) is 0.719. The number of rotatable bonds is 46. The van der Waals surface area contributed by atoms with Crippen LogP contribution in [0.5, 0.6) is 0 Å². The fourth-order valence-corrected chi connectivity index (χ4v) is 23.0. The maximum Gasteiger partial charge on any atom is 0.410 e. The molecule has 694 valence electrons. The molecule has 26 nitrogen and oxygen atoms in total. The Balaban J connectivity index is 0.873. The number of carbonyl (C=O) groups excluding carboxylic acids is 10. The number of likely N-dealkylation sites (tertiary alicyclic amines) is 1. The number of pyridine rings is 1. The lowest BCUT2D eigenvalue weighted by Gasteiger charge is -2.48. The number of aliphatic hydroxyl groups is 1. The van der Waals surface area contributed by atoms with E-state index in [2.05, 4.69) is 99.7 Å². The number of primary amides is 1. The van der Waals surface area contributed by atoms with Gasteiger partial charge in [-0.05, 0) is 173 Å². The summed E-state index contributed by atoms with van der Waals surface area (Å²) in [5.74, 6) is -2.07. The first kappa shape index (κ1) is 104. The Morgan fingerprint density at radius 2 is 1.29 bits per heavy atom. The van der Waals surface area contributed by atoms with Crippen molar-refractivity contribution in [1.82, 2.24) is 51.6 Å². The highest BCUT2D eigenvalue weighted by molar-refractivity contribution is 8.04. The van der Waals surface area contributed by atoms with E-state index in [0.29, 0.717) is 74.7 Å². The highest BCUT2D eigenvalue weighted by atomic mass is 32.2. The van der Waals surface area contributed by atoms with Gasteiger partial charge in [-0.25, -0.2) is 9.59 Å². The van der Waals surface area contributed by atoms with Crippen LogP contribution in [0.4, 0.5) is 15.3 Å². The first-order valence-electron chi connectivity index (χ1n) is 46.6. The molecule has 4 bridgehead atoms. The summed E-state index contributed by atoms with van der Waals surface area (Å²) in [6.07, 6.45) is 21.2. The van der Waals surface area contributed by atoms with Gasteiger partial charge < -0.3 is 72.1 Å². The SMILES string of the molecule is CCCCCCc1cccc([C@H](O)[C@@H](C)NC(=O)[C@H](C)[C@@H](OC)[C@@H]2CCCN2C(=O)C[C@@H](OC)[C@H]([C@@H](C)CC)N(C)C(=O)[C@@H](NC(=O)C(C(C)C)N(C)C(=O)OCc2ccc(NC(=O)[C@H](CCCNC(N)=O)NC(=O)[C@@H](NC(=O)CCCCCNC(=O)Cc3cc4nc(c3)CSC3(CC)C5CCCCCCCCCC(C5)C3(C)SC4)C(C)C)cc2)C(C)C)c1. The number of carbonyl (C=O) groups is 10. The van der Waals surface area contributed by atoms with Gasteiger partial charge in [0.2, 0.25) is 47.3 Å². The zero-order chi connectivity index (χ0) is 91.0. The van der Waals surface area contributed by atoms with Crippen molar-refractivity contribution in [2.75, 3.05) is 53.3 Å². The Hall–Kier alpha value is -7.53. The number of likely N-dealkylation sites (N-methyl/N-ethyl adjacent to an activating group) is 2. The second kappa shape index (κ2) is 51.5. The van der Waals surface area contributed by atoms with Crippen LogP contribution in [0, 0.1) is 41.4 Å². The number of benzene rings is 2. The number of nitrogens with two attached hydrogens (primary N) is 1. The zero-order valence-electron chi connectivity index (χ0n) is 77.9. The Kier molecular flexibility index (Phi) is 43.0. The number of thioether (sulfide) groups is 2. The molecule has 28 heteroatoms. The van der Waals surface area contributed by atoms with Gasteiger partial charge in [0.1, 0.15) is 30.8 Å². The molecule has 11 amide bonds. The van der Waals surface area contributed by atoms with Crippen LogP contribution in [0.3, 0.4) is 0 Å². The van der Waals surface area contributed by atoms with Crippen molar-refractivity contribution in [3.63, 3.8) is 0 Å². The van der Waals surface area contributed by atoms with Crippen LogP contribution in [-0.2, 0) is 83.5 Å². The normalized spacial score (nSPS) is 21.3. The average Bonchev–Trinajstić information content (AvgIpc) is 1.56. The molecule has 1 saturated heterocycles. The number of urea groups is 1. The van der Waals surface area contributed by atoms with Crippen molar-refractivity contribution in [2.45, 2.75) is 352 Å². The molecule has 2 aliphatic carbocycles. The number of hydrogen-bond donors (Lipinski definition) is 9. The molecule has 124 heavy (non-hydrogen) atoms. The van der Waals surface area contributed by atoms with E-state index in [4.69, 9.17) is 24.9 Å². The Labute approximate surface area is 749 Å². The van der Waals surface area contributed by atoms with Crippen molar-refractivity contribution < 1.29 is 67.3 Å². The summed E-state index contributed by atoms with van der Waals surface area (Å²) in [5.41, 5.74) is 11.2. The van der Waals surface area contributed by atoms with E-state index in [1.165, 1.54) is 96.8 Å². The van der Waals surface area contributed by atoms with Crippen molar-refractivity contribution in [3.05, 3.63) is 94.3 Å². The molecule has 7 rings (SSSR count). The van der Waals surface area contributed by atoms with Crippen LogP contribution >= 0.6 is 23.5 Å². The molecule has 1 aromatic heterocycles. The summed E-state index contributed by atoms with van der Waals surface area (Å²) in [4.78, 5) is 149. The number of nitrogens with one attached hydrogen (secondary N) is 7. The molecule has 10 N–H and O–H groups in total. The number of unbranched alkanes of at least 4 members (excludes halogenated alkanes) is 5. The van der Waals surface area contributed by atoms with Gasteiger partial charge in [0.25, 0.3) is 0 Å². The van der Waals surface area contributed by atoms with Crippen molar-refractivity contribution in [3.8, 4) is 0 Å². The van der Waals surface area contributed by atoms with Gasteiger partial charge in [0.15, 0.2) is 0 Å². The van der Waals surface area contributed by atoms with Crippen LogP contribution in [-0.4, -0.2) is 196 Å². The molecule has 5 unspecified atom stereocenters. The Morgan fingerprint density at radius 1 is 0.637 bits per heavy atom. The quantitative estimate of drug-likeness (QED) is 0.0237. The number of ether oxygens (including phenoxy) is 3. The highest BCUT2D eigenvalue weighted by Crippen LogP contribution is 2.66. The summed E-state index contributed by atoms with van der Waals surface area (Å²) in [5, 5.41) is 31.6. The highest BCUT2D eigenvalue weighted by Gasteiger charge is 2.61. The van der Waals surface area contributed by atoms with Gasteiger partial charge in [-0.3, -0.25) is 48.2 Å². The van der Waals surface area contributed by atoms with Gasteiger partial charge >= 0.3 is 12.1 Å². The standard InChI is InChI=1S/C96H154N12O14S2/c1-18-21-22-29-37-67-38-34-39-70(52-67)86(112)66(12)100-88(113)65(11)87(121-17)77-43-36-51-108(77)81(111)57-78(120-16)85(64(10)19-2)106(14)92(117)83(62(6)7)105-91(116)84(63(8)9)107(15)94(119)122-58-68-45-47-73(48-46-68)102-89(114)76(42-35-50-99-93(97)118)103-90(115)82(61(4)5)104-79(109)44-32-28-33-49-98-80(110)55-69-53-74-59-123-95(13)71-40-30-26-24-23-25-27-31-41-72(56-71)96(95,20-3)124-60-75(54-69)101-74/h34,38-39,45-48,52-54,61-66,71-72,76-78,82-87,112H,18-33,35-37,40-44,49-51,55-60H2,1-17H3,(H,98,110)(H,100,113)(H,102,114)(H,103,115)(H,104,109)(H,105,116)(H3,97,99,118)/t64-,65+,66+,71?,72?,76-,77-,78+,82-,83-,84?,85-,86+,87+,95?,96?/m0/s1. The molecule has 2 saturated carbocycles. The number of fused-ring (bicyclic) bond motifs is 7. The lowest BCUT2D eigenvalue weighted by molar-refractivity contribution is -0.148. The molecule has 2 aromatic carbocycles. The predicted molar refractivity (Wildman–Crippen MR) is 493 cm³/mol. The third kappa shape index (κ3) is 29.5. The summed E-state index contributed by atoms with van der Waals surface area (Å²) < 4.78 is 18.3. The molecule has 3 fully saturated rings. The first-order valence-corrected chi connectivity index (χ1v) is 48.6. The minimum Gasteiger partial charge on any atom is -0.445 e. The van der Waals surface area contributed by atoms with Crippen LogP contribution in [0.25, 0.3) is 0 Å². The van der Waals surface area contributed by atoms with Gasteiger partial charge in [-0.1, -0.05) is 190 Å². The number of nitrogens with zero attached hydrogens (tertiary/aromatic N) is 4. The van der Waals surface area contributed by atoms with Crippen LogP contribution in [0.1, 0.15) is 290 Å². The summed E-state index contributed by atoms with van der Waals surface area (Å²) in [6.45, 7) is 26.3. The first-order chi connectivity index (χ1) is 59.1. The molecule has 3 heterocycles. The van der Waals surface area contributed by atoms with Crippen molar-refractivity contribution in [1.29, 1.82) is 0 Å². The van der Waals surface area contributed by atoms with E-state index in [0.717, 1.165) is 71.7 Å². The topological polar surface area (TPSA) is 351 Å². The Morgan fingerprint density at radius 3 is 1.92 bits per heavy atom. The summed E-state index contributed by atoms with van der Waals surface area (Å²) >= 11 is 4.28. The number of methoxy groups -OCH3 is 2. The minimum absolute atomic E-state index is 0.0510. The molecule has 0 radical (unpaired) electrons. The second-order valence-electron chi connectivity index (χ2n) is 36.8. The van der Waals surface area contributed by atoms with E-state index in [1.54, 1.807) is 82.7 Å². The fourth-order valence-electron chi connectivity index (χ4n) is 19.3. The molecule has 3 aromatic rings. The minimum atomic E-state index is -1.10. The maximum atomic E-state index is 15.0.